The number of hydrogen-bond donors (Lipinski definition) is 1. The Kier molecular flexibility index (Phi) is 7.99. The third kappa shape index (κ3) is 6.21. The fourth-order valence-electron chi connectivity index (χ4n) is 4.49. The van der Waals surface area contributed by atoms with Gasteiger partial charge in [-0.15, -0.1) is 0 Å². The van der Waals surface area contributed by atoms with Gasteiger partial charge in [-0.05, 0) is 74.1 Å². The van der Waals surface area contributed by atoms with Crippen LogP contribution < -0.4 is 4.72 Å². The maximum Gasteiger partial charge on any atom is 0.511 e. The SMILES string of the molecule is O=S(c1ccc(C(F)(F)F)cc1)C1(C2=CC(F)=CCC2C(F)(F)F)CCC(NS(=O)(=O)C(F)(F)F)CC1. The molecule has 1 fully saturated rings. The molecule has 0 amide bonds. The summed E-state index contributed by atoms with van der Waals surface area (Å²) in [4.78, 5) is -0.306. The number of halogens is 10. The van der Waals surface area contributed by atoms with E-state index in [2.05, 4.69) is 0 Å². The van der Waals surface area contributed by atoms with Crippen LogP contribution in [0.1, 0.15) is 37.7 Å². The van der Waals surface area contributed by atoms with E-state index in [1.807, 2.05) is 0 Å². The standard InChI is InChI=1S/C21H19F10NO3S2/c22-13-3-6-16(20(26,27)28)17(11-13)18(36(33)15-4-1-12(2-5-15)19(23,24)25)9-7-14(8-10-18)32-37(34,35)21(29,30)31/h1-5,11,14,16,32H,6-10H2. The topological polar surface area (TPSA) is 63.2 Å². The van der Waals surface area contributed by atoms with Crippen LogP contribution in [-0.4, -0.2) is 35.1 Å². The van der Waals surface area contributed by atoms with Crippen LogP contribution in [0.5, 0.6) is 0 Å². The molecule has 1 aromatic rings. The number of hydrogen-bond acceptors (Lipinski definition) is 3. The molecular weight excluding hydrogens is 568 g/mol. The highest BCUT2D eigenvalue weighted by Crippen LogP contribution is 2.51. The Balaban J connectivity index is 2.04. The average Bonchev–Trinajstić information content (AvgIpc) is 2.77. The summed E-state index contributed by atoms with van der Waals surface area (Å²) in [6, 6.07) is 1.37. The Morgan fingerprint density at radius 1 is 0.919 bits per heavy atom. The number of alkyl halides is 9. The van der Waals surface area contributed by atoms with Crippen LogP contribution in [0.4, 0.5) is 43.9 Å². The Morgan fingerprint density at radius 2 is 1.46 bits per heavy atom. The van der Waals surface area contributed by atoms with Crippen molar-refractivity contribution in [3.05, 3.63) is 53.4 Å². The summed E-state index contributed by atoms with van der Waals surface area (Å²) in [5.74, 6) is -3.38. The zero-order valence-corrected chi connectivity index (χ0v) is 20.1. The summed E-state index contributed by atoms with van der Waals surface area (Å²) < 4.78 is 169. The lowest BCUT2D eigenvalue weighted by Gasteiger charge is -2.44. The molecule has 0 heterocycles. The first-order valence-corrected chi connectivity index (χ1v) is 13.2. The van der Waals surface area contributed by atoms with E-state index in [0.717, 1.165) is 12.1 Å². The molecule has 208 valence electrons. The van der Waals surface area contributed by atoms with Gasteiger partial charge < -0.3 is 0 Å². The first-order chi connectivity index (χ1) is 16.8. The predicted octanol–water partition coefficient (Wildman–Crippen LogP) is 6.30. The van der Waals surface area contributed by atoms with Crippen LogP contribution in [0.2, 0.25) is 0 Å². The molecule has 0 bridgehead atoms. The van der Waals surface area contributed by atoms with Gasteiger partial charge in [-0.2, -0.15) is 39.5 Å². The Labute approximate surface area is 207 Å². The van der Waals surface area contributed by atoms with E-state index in [1.165, 1.54) is 4.72 Å². The number of allylic oxidation sites excluding steroid dienone is 3. The second-order valence-corrected chi connectivity index (χ2v) is 12.1. The van der Waals surface area contributed by atoms with E-state index in [0.29, 0.717) is 24.3 Å². The predicted molar refractivity (Wildman–Crippen MR) is 112 cm³/mol. The molecule has 16 heteroatoms. The normalized spacial score (nSPS) is 26.9. The number of benzene rings is 1. The summed E-state index contributed by atoms with van der Waals surface area (Å²) >= 11 is 0. The van der Waals surface area contributed by atoms with Gasteiger partial charge in [0.25, 0.3) is 0 Å². The summed E-state index contributed by atoms with van der Waals surface area (Å²) in [5.41, 5.74) is -7.42. The molecule has 2 unspecified atom stereocenters. The van der Waals surface area contributed by atoms with Crippen molar-refractivity contribution in [3.8, 4) is 0 Å². The van der Waals surface area contributed by atoms with Gasteiger partial charge in [-0.25, -0.2) is 17.5 Å². The first kappa shape index (κ1) is 29.6. The van der Waals surface area contributed by atoms with Gasteiger partial charge in [-0.1, -0.05) is 0 Å². The van der Waals surface area contributed by atoms with Gasteiger partial charge in [0.15, 0.2) is 0 Å². The largest absolute Gasteiger partial charge is 0.511 e. The molecule has 2 aliphatic carbocycles. The van der Waals surface area contributed by atoms with Gasteiger partial charge in [0.2, 0.25) is 0 Å². The van der Waals surface area contributed by atoms with Gasteiger partial charge >= 0.3 is 27.9 Å². The summed E-state index contributed by atoms with van der Waals surface area (Å²) in [6.07, 6.45) is -11.4. The minimum atomic E-state index is -5.79. The minimum absolute atomic E-state index is 0.306. The molecule has 0 aromatic heterocycles. The van der Waals surface area contributed by atoms with Crippen molar-refractivity contribution in [2.45, 2.75) is 65.6 Å². The van der Waals surface area contributed by atoms with Gasteiger partial charge in [0.05, 0.1) is 27.0 Å². The van der Waals surface area contributed by atoms with E-state index in [4.69, 9.17) is 0 Å². The highest BCUT2D eigenvalue weighted by molar-refractivity contribution is 7.90. The van der Waals surface area contributed by atoms with Crippen LogP contribution in [0.15, 0.2) is 52.7 Å². The molecule has 0 radical (unpaired) electrons. The maximum absolute atomic E-state index is 14.2. The van der Waals surface area contributed by atoms with E-state index in [1.54, 1.807) is 0 Å². The van der Waals surface area contributed by atoms with Crippen LogP contribution in [0, 0.1) is 5.92 Å². The van der Waals surface area contributed by atoms with E-state index >= 15 is 0 Å². The lowest BCUT2D eigenvalue weighted by atomic mass is 9.73. The maximum atomic E-state index is 14.2. The second-order valence-electron chi connectivity index (χ2n) is 8.65. The van der Waals surface area contributed by atoms with Gasteiger partial charge in [-0.3, -0.25) is 4.21 Å². The quantitative estimate of drug-likeness (QED) is 0.412. The second kappa shape index (κ2) is 9.98. The van der Waals surface area contributed by atoms with Crippen LogP contribution in [-0.2, 0) is 27.0 Å². The van der Waals surface area contributed by atoms with Crippen molar-refractivity contribution in [2.24, 2.45) is 5.92 Å². The molecule has 0 saturated heterocycles. The molecule has 37 heavy (non-hydrogen) atoms. The molecule has 0 aliphatic heterocycles. The fraction of sp³-hybridized carbons (Fsp3) is 0.524. The van der Waals surface area contributed by atoms with Crippen molar-refractivity contribution < 1.29 is 56.5 Å². The number of sulfonamides is 1. The molecule has 1 N–H and O–H groups in total. The van der Waals surface area contributed by atoms with Crippen molar-refractivity contribution in [2.75, 3.05) is 0 Å². The first-order valence-electron chi connectivity index (χ1n) is 10.6. The minimum Gasteiger partial charge on any atom is -0.253 e. The third-order valence-electron chi connectivity index (χ3n) is 6.31. The summed E-state index contributed by atoms with van der Waals surface area (Å²) in [6.45, 7) is 0. The van der Waals surface area contributed by atoms with Gasteiger partial charge in [0.1, 0.15) is 5.83 Å². The molecule has 0 spiro atoms. The summed E-state index contributed by atoms with van der Waals surface area (Å²) in [7, 11) is -8.31. The van der Waals surface area contributed by atoms with E-state index in [-0.39, 0.29) is 4.90 Å². The lowest BCUT2D eigenvalue weighted by molar-refractivity contribution is -0.165. The fourth-order valence-corrected chi connectivity index (χ4v) is 7.15. The lowest BCUT2D eigenvalue weighted by Crippen LogP contribution is -2.51. The third-order valence-corrected chi connectivity index (χ3v) is 9.62. The molecule has 4 nitrogen and oxygen atoms in total. The van der Waals surface area contributed by atoms with E-state index < -0.39 is 104 Å². The Morgan fingerprint density at radius 3 is 1.92 bits per heavy atom. The van der Waals surface area contributed by atoms with Crippen LogP contribution >= 0.6 is 0 Å². The molecule has 2 aliphatic rings. The molecular formula is C21H19F10NO3S2. The highest BCUT2D eigenvalue weighted by Gasteiger charge is 2.55. The Hall–Kier alpha value is -1.94. The zero-order valence-electron chi connectivity index (χ0n) is 18.5. The van der Waals surface area contributed by atoms with Crippen LogP contribution in [0.3, 0.4) is 0 Å². The molecule has 1 saturated carbocycles. The monoisotopic (exact) mass is 587 g/mol. The zero-order chi connectivity index (χ0) is 28.0. The molecule has 3 rings (SSSR count). The number of rotatable bonds is 5. The van der Waals surface area contributed by atoms with Crippen molar-refractivity contribution in [1.29, 1.82) is 0 Å². The molecule has 2 atom stereocenters. The van der Waals surface area contributed by atoms with Gasteiger partial charge in [0, 0.05) is 10.9 Å². The Bertz CT molecular complexity index is 1190. The summed E-state index contributed by atoms with van der Waals surface area (Å²) in [5, 5.41) is 0. The van der Waals surface area contributed by atoms with Crippen LogP contribution in [0.25, 0.3) is 0 Å². The van der Waals surface area contributed by atoms with E-state index in [9.17, 15) is 56.5 Å². The molecule has 1 aromatic carbocycles. The highest BCUT2D eigenvalue weighted by atomic mass is 32.2. The van der Waals surface area contributed by atoms with Crippen molar-refractivity contribution in [1.82, 2.24) is 4.72 Å². The van der Waals surface area contributed by atoms with Crippen molar-refractivity contribution >= 4 is 20.8 Å². The number of nitrogens with one attached hydrogen (secondary N) is 1. The smallest absolute Gasteiger partial charge is 0.253 e. The van der Waals surface area contributed by atoms with Crippen molar-refractivity contribution in [3.63, 3.8) is 0 Å². The average molecular weight is 588 g/mol.